The molecule has 23 heavy (non-hydrogen) atoms. The van der Waals surface area contributed by atoms with Crippen LogP contribution < -0.4 is 0 Å². The van der Waals surface area contributed by atoms with Gasteiger partial charge in [0.05, 0.1) is 21.1 Å². The molecule has 1 rings (SSSR count). The van der Waals surface area contributed by atoms with Crippen molar-refractivity contribution in [3.05, 3.63) is 11.6 Å². The second kappa shape index (κ2) is 8.97. The van der Waals surface area contributed by atoms with Gasteiger partial charge in [0, 0.05) is 0 Å². The molecule has 4 nitrogen and oxygen atoms in total. The Bertz CT molecular complexity index is 567. The molecular weight excluding hydrogens is 351 g/mol. The van der Waals surface area contributed by atoms with Crippen LogP contribution in [0.2, 0.25) is 0 Å². The van der Waals surface area contributed by atoms with E-state index >= 15 is 0 Å². The van der Waals surface area contributed by atoms with E-state index in [2.05, 4.69) is 45.3 Å². The maximum Gasteiger partial charge on any atom is 0.485 e. The third-order valence-corrected chi connectivity index (χ3v) is 4.62. The van der Waals surface area contributed by atoms with E-state index in [1.54, 1.807) is 0 Å². The minimum atomic E-state index is -6.09. The van der Waals surface area contributed by atoms with Gasteiger partial charge in [0.15, 0.2) is 15.5 Å². The minimum absolute atomic E-state index is 0.382. The standard InChI is InChI=1S/C13H22NS.CHF3O3S/c1-14(2,3)13(15-4)11-10-12-8-6-5-7-9-12;2-1(3,4)8(5,6)7/h8,13H,5-7,9H2,1-4H3;(H,5,6,7)/q+1;/p-1. The summed E-state index contributed by atoms with van der Waals surface area (Å²) in [5, 5.41) is 0.382. The van der Waals surface area contributed by atoms with Crippen LogP contribution in [-0.4, -0.2) is 55.7 Å². The predicted molar refractivity (Wildman–Crippen MR) is 85.4 cm³/mol. The summed E-state index contributed by atoms with van der Waals surface area (Å²) in [6, 6.07) is 0. The average molecular weight is 373 g/mol. The zero-order chi connectivity index (χ0) is 18.3. The van der Waals surface area contributed by atoms with Gasteiger partial charge in [0.2, 0.25) is 0 Å². The minimum Gasteiger partial charge on any atom is -0.741 e. The summed E-state index contributed by atoms with van der Waals surface area (Å²) >= 11 is 1.84. The lowest BCUT2D eigenvalue weighted by Gasteiger charge is -2.28. The lowest BCUT2D eigenvalue weighted by atomic mass is 10.0. The first-order valence-electron chi connectivity index (χ1n) is 6.85. The van der Waals surface area contributed by atoms with Crippen LogP contribution in [0, 0.1) is 11.8 Å². The van der Waals surface area contributed by atoms with Crippen LogP contribution >= 0.6 is 11.8 Å². The SMILES string of the molecule is CSC(C#CC1=CCCCC1)[N+](C)(C)C.O=S(=O)([O-])C(F)(F)F. The highest BCUT2D eigenvalue weighted by Gasteiger charge is 2.36. The predicted octanol–water partition coefficient (Wildman–Crippen LogP) is 2.94. The first-order valence-corrected chi connectivity index (χ1v) is 9.55. The summed E-state index contributed by atoms with van der Waals surface area (Å²) in [7, 11) is 0.508. The Hall–Kier alpha value is -0.690. The van der Waals surface area contributed by atoms with Crippen LogP contribution in [0.4, 0.5) is 13.2 Å². The van der Waals surface area contributed by atoms with Crippen molar-refractivity contribution >= 4 is 21.9 Å². The van der Waals surface area contributed by atoms with Gasteiger partial charge in [0.25, 0.3) is 0 Å². The van der Waals surface area contributed by atoms with Crippen molar-refractivity contribution in [3.63, 3.8) is 0 Å². The number of nitrogens with zero attached hydrogens (tertiary/aromatic N) is 1. The smallest absolute Gasteiger partial charge is 0.485 e. The molecule has 0 aromatic heterocycles. The quantitative estimate of drug-likeness (QED) is 0.246. The lowest BCUT2D eigenvalue weighted by Crippen LogP contribution is -2.42. The number of alkyl halides is 3. The molecule has 0 aromatic carbocycles. The molecule has 0 N–H and O–H groups in total. The number of thioether (sulfide) groups is 1. The van der Waals surface area contributed by atoms with E-state index in [1.165, 1.54) is 31.3 Å². The summed E-state index contributed by atoms with van der Waals surface area (Å²) in [6.07, 6.45) is 9.51. The molecule has 0 bridgehead atoms. The fourth-order valence-electron chi connectivity index (χ4n) is 1.67. The van der Waals surface area contributed by atoms with Gasteiger partial charge in [-0.3, -0.25) is 0 Å². The number of halogens is 3. The van der Waals surface area contributed by atoms with Crippen molar-refractivity contribution in [2.45, 2.75) is 36.6 Å². The monoisotopic (exact) mass is 373 g/mol. The molecule has 0 heterocycles. The summed E-state index contributed by atoms with van der Waals surface area (Å²) in [5.74, 6) is 6.75. The molecule has 0 amide bonds. The lowest BCUT2D eigenvalue weighted by molar-refractivity contribution is -0.872. The van der Waals surface area contributed by atoms with Gasteiger partial charge < -0.3 is 9.04 Å². The Morgan fingerprint density at radius 3 is 2.13 bits per heavy atom. The van der Waals surface area contributed by atoms with Gasteiger partial charge in [0.1, 0.15) is 0 Å². The van der Waals surface area contributed by atoms with Crippen molar-refractivity contribution in [3.8, 4) is 11.8 Å². The average Bonchev–Trinajstić information content (AvgIpc) is 2.37. The largest absolute Gasteiger partial charge is 0.741 e. The third kappa shape index (κ3) is 9.25. The van der Waals surface area contributed by atoms with E-state index in [0.29, 0.717) is 5.37 Å². The van der Waals surface area contributed by atoms with Crippen LogP contribution in [0.1, 0.15) is 25.7 Å². The highest BCUT2D eigenvalue weighted by Crippen LogP contribution is 2.20. The topological polar surface area (TPSA) is 57.2 Å². The fourth-order valence-corrected chi connectivity index (χ4v) is 2.48. The molecule has 134 valence electrons. The van der Waals surface area contributed by atoms with Crippen LogP contribution in [0.15, 0.2) is 11.6 Å². The highest BCUT2D eigenvalue weighted by molar-refractivity contribution is 7.99. The molecule has 1 atom stereocenters. The van der Waals surface area contributed by atoms with Crippen LogP contribution in [-0.2, 0) is 10.1 Å². The molecule has 1 aliphatic rings. The zero-order valence-corrected chi connectivity index (χ0v) is 15.2. The first-order chi connectivity index (χ1) is 10.3. The number of hydrogen-bond donors (Lipinski definition) is 0. The molecule has 0 saturated heterocycles. The molecule has 0 spiro atoms. The number of quaternary nitrogens is 1. The number of allylic oxidation sites excluding steroid dienone is 2. The van der Waals surface area contributed by atoms with Gasteiger partial charge >= 0.3 is 5.51 Å². The fraction of sp³-hybridized carbons (Fsp3) is 0.714. The molecule has 0 aliphatic heterocycles. The Labute approximate surface area is 140 Å². The van der Waals surface area contributed by atoms with Crippen molar-refractivity contribution in [2.24, 2.45) is 0 Å². The summed E-state index contributed by atoms with van der Waals surface area (Å²) in [4.78, 5) is 0. The summed E-state index contributed by atoms with van der Waals surface area (Å²) in [6.45, 7) is 0. The van der Waals surface area contributed by atoms with E-state index in [0.717, 1.165) is 4.48 Å². The van der Waals surface area contributed by atoms with Crippen LogP contribution in [0.5, 0.6) is 0 Å². The maximum atomic E-state index is 10.7. The van der Waals surface area contributed by atoms with Crippen molar-refractivity contribution in [1.29, 1.82) is 0 Å². The molecule has 0 aromatic rings. The number of hydrogen-bond acceptors (Lipinski definition) is 4. The zero-order valence-electron chi connectivity index (χ0n) is 13.6. The van der Waals surface area contributed by atoms with E-state index < -0.39 is 15.6 Å². The second-order valence-electron chi connectivity index (χ2n) is 5.85. The van der Waals surface area contributed by atoms with Crippen molar-refractivity contribution < 1.29 is 30.6 Å². The van der Waals surface area contributed by atoms with Crippen molar-refractivity contribution in [1.82, 2.24) is 0 Å². The molecule has 9 heteroatoms. The normalized spacial score (nSPS) is 17.1. The van der Waals surface area contributed by atoms with Gasteiger partial charge in [-0.25, -0.2) is 8.42 Å². The van der Waals surface area contributed by atoms with Gasteiger partial charge in [-0.1, -0.05) is 23.8 Å². The molecule has 1 unspecified atom stereocenters. The third-order valence-electron chi connectivity index (χ3n) is 2.86. The van der Waals surface area contributed by atoms with Crippen molar-refractivity contribution in [2.75, 3.05) is 27.4 Å². The Balaban J connectivity index is 0.000000515. The first kappa shape index (κ1) is 22.3. The van der Waals surface area contributed by atoms with Crippen LogP contribution in [0.25, 0.3) is 0 Å². The van der Waals surface area contributed by atoms with E-state index in [9.17, 15) is 13.2 Å². The van der Waals surface area contributed by atoms with Gasteiger partial charge in [-0.2, -0.15) is 13.2 Å². The number of rotatable bonds is 2. The summed E-state index contributed by atoms with van der Waals surface area (Å²) < 4.78 is 59.8. The molecule has 0 fully saturated rings. The molecular formula is C14H22F3NO3S2. The molecule has 0 radical (unpaired) electrons. The van der Waals surface area contributed by atoms with E-state index in [4.69, 9.17) is 13.0 Å². The maximum absolute atomic E-state index is 10.7. The van der Waals surface area contributed by atoms with Gasteiger partial charge in [-0.15, -0.1) is 0 Å². The molecule has 0 saturated carbocycles. The Kier molecular flexibility index (Phi) is 8.70. The Morgan fingerprint density at radius 1 is 1.30 bits per heavy atom. The highest BCUT2D eigenvalue weighted by atomic mass is 32.2. The van der Waals surface area contributed by atoms with E-state index in [-0.39, 0.29) is 0 Å². The van der Waals surface area contributed by atoms with Gasteiger partial charge in [-0.05, 0) is 43.4 Å². The van der Waals surface area contributed by atoms with Crippen LogP contribution in [0.3, 0.4) is 0 Å². The summed E-state index contributed by atoms with van der Waals surface area (Å²) in [5.41, 5.74) is -4.29. The molecule has 1 aliphatic carbocycles. The second-order valence-corrected chi connectivity index (χ2v) is 8.14. The van der Waals surface area contributed by atoms with E-state index in [1.807, 2.05) is 11.8 Å². The Morgan fingerprint density at radius 2 is 1.83 bits per heavy atom.